The minimum Gasteiger partial charge on any atom is -0.494 e. The largest absolute Gasteiger partial charge is 0.494 e. The highest BCUT2D eigenvalue weighted by atomic mass is 16.5. The number of hydrogen-bond acceptors (Lipinski definition) is 4. The van der Waals surface area contributed by atoms with Gasteiger partial charge >= 0.3 is 0 Å². The van der Waals surface area contributed by atoms with E-state index >= 15 is 0 Å². The van der Waals surface area contributed by atoms with Crippen LogP contribution in [-0.4, -0.2) is 39.6 Å². The monoisotopic (exact) mass is 293 g/mol. The van der Waals surface area contributed by atoms with Gasteiger partial charge in [-0.05, 0) is 37.6 Å². The second-order valence-corrected chi connectivity index (χ2v) is 5.38. The number of hydrogen-bond donors (Lipinski definition) is 1. The van der Waals surface area contributed by atoms with Crippen molar-refractivity contribution in [2.24, 2.45) is 5.92 Å². The number of ether oxygens (including phenoxy) is 3. The van der Waals surface area contributed by atoms with Crippen molar-refractivity contribution in [3.05, 3.63) is 29.8 Å². The third-order valence-electron chi connectivity index (χ3n) is 3.71. The van der Waals surface area contributed by atoms with Crippen molar-refractivity contribution in [1.29, 1.82) is 0 Å². The van der Waals surface area contributed by atoms with E-state index in [-0.39, 0.29) is 6.04 Å². The Bertz CT molecular complexity index is 388. The Morgan fingerprint density at radius 2 is 2.10 bits per heavy atom. The molecule has 0 aliphatic carbocycles. The average Bonchev–Trinajstić information content (AvgIpc) is 3.01. The van der Waals surface area contributed by atoms with Gasteiger partial charge in [-0.15, -0.1) is 0 Å². The number of likely N-dealkylation sites (N-methyl/N-ethyl adjacent to an activating group) is 1. The third kappa shape index (κ3) is 5.30. The Kier molecular flexibility index (Phi) is 7.00. The second-order valence-electron chi connectivity index (χ2n) is 5.38. The second kappa shape index (κ2) is 9.03. The quantitative estimate of drug-likeness (QED) is 0.760. The molecule has 21 heavy (non-hydrogen) atoms. The molecule has 1 aliphatic heterocycles. The molecular formula is C17H27NO3. The molecule has 0 radical (unpaired) electrons. The summed E-state index contributed by atoms with van der Waals surface area (Å²) in [6.07, 6.45) is 1.12. The summed E-state index contributed by atoms with van der Waals surface area (Å²) in [7, 11) is 0. The van der Waals surface area contributed by atoms with Crippen molar-refractivity contribution in [2.75, 3.05) is 39.6 Å². The molecule has 0 bridgehead atoms. The van der Waals surface area contributed by atoms with Gasteiger partial charge in [-0.3, -0.25) is 0 Å². The molecule has 118 valence electrons. The Morgan fingerprint density at radius 1 is 1.29 bits per heavy atom. The standard InChI is InChI=1S/C17H27NO3/c1-3-18-17(13-20-12-14-9-10-19-11-14)15-5-7-16(8-6-15)21-4-2/h5-8,14,17-18H,3-4,9-13H2,1-2H3. The van der Waals surface area contributed by atoms with Gasteiger partial charge in [0, 0.05) is 12.5 Å². The first kappa shape index (κ1) is 16.3. The summed E-state index contributed by atoms with van der Waals surface area (Å²) in [5, 5.41) is 3.48. The zero-order valence-corrected chi connectivity index (χ0v) is 13.1. The molecule has 1 N–H and O–H groups in total. The van der Waals surface area contributed by atoms with Gasteiger partial charge in [0.15, 0.2) is 0 Å². The molecule has 0 amide bonds. The first-order chi connectivity index (χ1) is 10.3. The van der Waals surface area contributed by atoms with Gasteiger partial charge in [0.05, 0.1) is 32.5 Å². The predicted octanol–water partition coefficient (Wildman–Crippen LogP) is 2.79. The third-order valence-corrected chi connectivity index (χ3v) is 3.71. The van der Waals surface area contributed by atoms with E-state index in [1.807, 2.05) is 19.1 Å². The van der Waals surface area contributed by atoms with Crippen LogP contribution in [0.4, 0.5) is 0 Å². The lowest BCUT2D eigenvalue weighted by Crippen LogP contribution is -2.26. The van der Waals surface area contributed by atoms with E-state index in [0.717, 1.165) is 38.5 Å². The Labute approximate surface area is 127 Å². The van der Waals surface area contributed by atoms with Crippen LogP contribution in [0, 0.1) is 5.92 Å². The van der Waals surface area contributed by atoms with Gasteiger partial charge < -0.3 is 19.5 Å². The SMILES string of the molecule is CCNC(COCC1CCOC1)c1ccc(OCC)cc1. The van der Waals surface area contributed by atoms with Crippen LogP contribution in [0.2, 0.25) is 0 Å². The molecule has 2 unspecified atom stereocenters. The van der Waals surface area contributed by atoms with Crippen molar-refractivity contribution < 1.29 is 14.2 Å². The highest BCUT2D eigenvalue weighted by molar-refractivity contribution is 5.29. The molecule has 1 fully saturated rings. The fourth-order valence-electron chi connectivity index (χ4n) is 2.55. The van der Waals surface area contributed by atoms with E-state index in [0.29, 0.717) is 19.1 Å². The molecule has 4 heteroatoms. The molecule has 2 rings (SSSR count). The summed E-state index contributed by atoms with van der Waals surface area (Å²) >= 11 is 0. The summed E-state index contributed by atoms with van der Waals surface area (Å²) in [6, 6.07) is 8.50. The number of benzene rings is 1. The molecule has 4 nitrogen and oxygen atoms in total. The van der Waals surface area contributed by atoms with Gasteiger partial charge in [-0.25, -0.2) is 0 Å². The Hall–Kier alpha value is -1.10. The van der Waals surface area contributed by atoms with Gasteiger partial charge in [0.1, 0.15) is 5.75 Å². The summed E-state index contributed by atoms with van der Waals surface area (Å²) in [6.45, 7) is 8.94. The minimum atomic E-state index is 0.230. The van der Waals surface area contributed by atoms with Crippen LogP contribution in [0.3, 0.4) is 0 Å². The van der Waals surface area contributed by atoms with Crippen LogP contribution in [0.5, 0.6) is 5.75 Å². The van der Waals surface area contributed by atoms with E-state index in [4.69, 9.17) is 14.2 Å². The number of rotatable bonds is 9. The van der Waals surface area contributed by atoms with E-state index in [2.05, 4.69) is 24.4 Å². The lowest BCUT2D eigenvalue weighted by Gasteiger charge is -2.20. The van der Waals surface area contributed by atoms with E-state index in [1.165, 1.54) is 5.56 Å². The van der Waals surface area contributed by atoms with E-state index < -0.39 is 0 Å². The van der Waals surface area contributed by atoms with Gasteiger partial charge in [0.25, 0.3) is 0 Å². The van der Waals surface area contributed by atoms with Crippen molar-refractivity contribution in [2.45, 2.75) is 26.3 Å². The Morgan fingerprint density at radius 3 is 2.71 bits per heavy atom. The predicted molar refractivity (Wildman–Crippen MR) is 83.8 cm³/mol. The molecule has 1 saturated heterocycles. The molecule has 1 heterocycles. The molecule has 2 atom stereocenters. The smallest absolute Gasteiger partial charge is 0.119 e. The topological polar surface area (TPSA) is 39.7 Å². The van der Waals surface area contributed by atoms with E-state index in [1.54, 1.807) is 0 Å². The maximum atomic E-state index is 5.89. The lowest BCUT2D eigenvalue weighted by molar-refractivity contribution is 0.0747. The van der Waals surface area contributed by atoms with Crippen LogP contribution >= 0.6 is 0 Å². The first-order valence-corrected chi connectivity index (χ1v) is 7.95. The van der Waals surface area contributed by atoms with Crippen LogP contribution in [-0.2, 0) is 9.47 Å². The summed E-state index contributed by atoms with van der Waals surface area (Å²) in [4.78, 5) is 0. The van der Waals surface area contributed by atoms with Crippen molar-refractivity contribution in [1.82, 2.24) is 5.32 Å². The molecular weight excluding hydrogens is 266 g/mol. The highest BCUT2D eigenvalue weighted by Crippen LogP contribution is 2.19. The molecule has 1 aliphatic rings. The fourth-order valence-corrected chi connectivity index (χ4v) is 2.55. The van der Waals surface area contributed by atoms with Crippen molar-refractivity contribution >= 4 is 0 Å². The van der Waals surface area contributed by atoms with Crippen LogP contribution in [0.15, 0.2) is 24.3 Å². The zero-order valence-electron chi connectivity index (χ0n) is 13.1. The van der Waals surface area contributed by atoms with Crippen molar-refractivity contribution in [3.63, 3.8) is 0 Å². The van der Waals surface area contributed by atoms with Crippen LogP contribution in [0.1, 0.15) is 31.9 Å². The molecule has 0 spiro atoms. The normalized spacial score (nSPS) is 19.6. The summed E-state index contributed by atoms with van der Waals surface area (Å²) < 4.78 is 16.7. The van der Waals surface area contributed by atoms with Gasteiger partial charge in [-0.2, -0.15) is 0 Å². The van der Waals surface area contributed by atoms with Gasteiger partial charge in [0.2, 0.25) is 0 Å². The maximum absolute atomic E-state index is 5.89. The number of nitrogens with one attached hydrogen (secondary N) is 1. The minimum absolute atomic E-state index is 0.230. The molecule has 0 aromatic heterocycles. The summed E-state index contributed by atoms with van der Waals surface area (Å²) in [5.74, 6) is 1.48. The molecule has 1 aromatic rings. The Balaban J connectivity index is 1.84. The maximum Gasteiger partial charge on any atom is 0.119 e. The van der Waals surface area contributed by atoms with Crippen LogP contribution < -0.4 is 10.1 Å². The highest BCUT2D eigenvalue weighted by Gasteiger charge is 2.17. The van der Waals surface area contributed by atoms with Crippen LogP contribution in [0.25, 0.3) is 0 Å². The fraction of sp³-hybridized carbons (Fsp3) is 0.647. The summed E-state index contributed by atoms with van der Waals surface area (Å²) in [5.41, 5.74) is 1.24. The lowest BCUT2D eigenvalue weighted by atomic mass is 10.1. The molecule has 1 aromatic carbocycles. The average molecular weight is 293 g/mol. The first-order valence-electron chi connectivity index (χ1n) is 7.95. The van der Waals surface area contributed by atoms with Gasteiger partial charge in [-0.1, -0.05) is 19.1 Å². The van der Waals surface area contributed by atoms with Crippen molar-refractivity contribution in [3.8, 4) is 5.75 Å². The van der Waals surface area contributed by atoms with E-state index in [9.17, 15) is 0 Å². The zero-order chi connectivity index (χ0) is 14.9. The molecule has 0 saturated carbocycles.